The van der Waals surface area contributed by atoms with E-state index in [0.717, 1.165) is 45.0 Å². The summed E-state index contributed by atoms with van der Waals surface area (Å²) < 4.78 is 0. The minimum Gasteiger partial charge on any atom is -0.368 e. The van der Waals surface area contributed by atoms with Gasteiger partial charge in [0.1, 0.15) is 0 Å². The SMILES string of the molecule is CCNCc1cnc(C)cc1N1CCN(CC)C(C)C1. The average Bonchev–Trinajstić information content (AvgIpc) is 2.46. The Morgan fingerprint density at radius 2 is 2.15 bits per heavy atom. The number of hydrogen-bond acceptors (Lipinski definition) is 4. The Morgan fingerprint density at radius 1 is 1.35 bits per heavy atom. The molecule has 20 heavy (non-hydrogen) atoms. The van der Waals surface area contributed by atoms with Gasteiger partial charge in [0, 0.05) is 55.4 Å². The number of anilines is 1. The zero-order chi connectivity index (χ0) is 14.5. The van der Waals surface area contributed by atoms with Crippen molar-refractivity contribution < 1.29 is 0 Å². The molecule has 0 amide bonds. The van der Waals surface area contributed by atoms with Crippen molar-refractivity contribution in [1.29, 1.82) is 0 Å². The van der Waals surface area contributed by atoms with Crippen LogP contribution in [0.5, 0.6) is 0 Å². The van der Waals surface area contributed by atoms with Gasteiger partial charge in [0.15, 0.2) is 0 Å². The van der Waals surface area contributed by atoms with Gasteiger partial charge in [0.25, 0.3) is 0 Å². The summed E-state index contributed by atoms with van der Waals surface area (Å²) in [7, 11) is 0. The smallest absolute Gasteiger partial charge is 0.0446 e. The molecule has 1 aromatic rings. The Bertz CT molecular complexity index is 432. The molecule has 0 radical (unpaired) electrons. The maximum Gasteiger partial charge on any atom is 0.0446 e. The molecule has 1 atom stereocenters. The van der Waals surface area contributed by atoms with Gasteiger partial charge in [-0.1, -0.05) is 13.8 Å². The molecule has 1 fully saturated rings. The largest absolute Gasteiger partial charge is 0.368 e. The van der Waals surface area contributed by atoms with Crippen molar-refractivity contribution in [3.8, 4) is 0 Å². The van der Waals surface area contributed by atoms with Crippen LogP contribution in [-0.4, -0.2) is 48.6 Å². The van der Waals surface area contributed by atoms with Crippen LogP contribution in [0.25, 0.3) is 0 Å². The first-order valence-corrected chi connectivity index (χ1v) is 7.81. The highest BCUT2D eigenvalue weighted by atomic mass is 15.3. The lowest BCUT2D eigenvalue weighted by atomic mass is 10.1. The van der Waals surface area contributed by atoms with Crippen LogP contribution in [0.3, 0.4) is 0 Å². The highest BCUT2D eigenvalue weighted by Gasteiger charge is 2.23. The predicted molar refractivity (Wildman–Crippen MR) is 85.3 cm³/mol. The number of aryl methyl sites for hydroxylation is 1. The first-order valence-electron chi connectivity index (χ1n) is 7.81. The van der Waals surface area contributed by atoms with Gasteiger partial charge in [-0.05, 0) is 33.0 Å². The third kappa shape index (κ3) is 3.49. The average molecular weight is 276 g/mol. The van der Waals surface area contributed by atoms with Crippen LogP contribution >= 0.6 is 0 Å². The molecule has 0 saturated carbocycles. The lowest BCUT2D eigenvalue weighted by Gasteiger charge is -2.41. The van der Waals surface area contributed by atoms with Crippen molar-refractivity contribution in [2.24, 2.45) is 0 Å². The summed E-state index contributed by atoms with van der Waals surface area (Å²) in [6.07, 6.45) is 2.03. The number of likely N-dealkylation sites (N-methyl/N-ethyl adjacent to an activating group) is 1. The Labute approximate surface area is 123 Å². The van der Waals surface area contributed by atoms with E-state index in [-0.39, 0.29) is 0 Å². The summed E-state index contributed by atoms with van der Waals surface area (Å²) in [6.45, 7) is 15.2. The zero-order valence-electron chi connectivity index (χ0n) is 13.3. The molecule has 0 aliphatic carbocycles. The second-order valence-electron chi connectivity index (χ2n) is 5.66. The van der Waals surface area contributed by atoms with Crippen LogP contribution in [0, 0.1) is 6.92 Å². The van der Waals surface area contributed by atoms with E-state index in [0.29, 0.717) is 6.04 Å². The Kier molecular flexibility index (Phi) is 5.38. The van der Waals surface area contributed by atoms with Gasteiger partial charge in [-0.2, -0.15) is 0 Å². The summed E-state index contributed by atoms with van der Waals surface area (Å²) in [6, 6.07) is 2.86. The van der Waals surface area contributed by atoms with Gasteiger partial charge >= 0.3 is 0 Å². The van der Waals surface area contributed by atoms with Crippen LogP contribution in [0.1, 0.15) is 32.0 Å². The molecule has 1 N–H and O–H groups in total. The summed E-state index contributed by atoms with van der Waals surface area (Å²) in [5.74, 6) is 0. The van der Waals surface area contributed by atoms with Gasteiger partial charge in [-0.15, -0.1) is 0 Å². The Hall–Kier alpha value is -1.13. The number of pyridine rings is 1. The highest BCUT2D eigenvalue weighted by molar-refractivity contribution is 5.54. The number of hydrogen-bond donors (Lipinski definition) is 1. The molecule has 112 valence electrons. The fourth-order valence-corrected chi connectivity index (χ4v) is 2.95. The fourth-order valence-electron chi connectivity index (χ4n) is 2.95. The van der Waals surface area contributed by atoms with Crippen molar-refractivity contribution in [2.45, 2.75) is 40.3 Å². The molecular weight excluding hydrogens is 248 g/mol. The molecular formula is C16H28N4. The topological polar surface area (TPSA) is 31.4 Å². The lowest BCUT2D eigenvalue weighted by molar-refractivity contribution is 0.199. The summed E-state index contributed by atoms with van der Waals surface area (Å²) in [5, 5.41) is 3.42. The molecule has 4 heteroatoms. The molecule has 1 saturated heterocycles. The van der Waals surface area contributed by atoms with E-state index < -0.39 is 0 Å². The van der Waals surface area contributed by atoms with E-state index in [4.69, 9.17) is 0 Å². The van der Waals surface area contributed by atoms with Gasteiger partial charge < -0.3 is 10.2 Å². The first-order chi connectivity index (χ1) is 9.65. The van der Waals surface area contributed by atoms with Crippen LogP contribution < -0.4 is 10.2 Å². The second kappa shape index (κ2) is 7.04. The van der Waals surface area contributed by atoms with Gasteiger partial charge in [0.2, 0.25) is 0 Å². The van der Waals surface area contributed by atoms with E-state index in [2.05, 4.69) is 53.9 Å². The molecule has 1 unspecified atom stereocenters. The zero-order valence-corrected chi connectivity index (χ0v) is 13.3. The standard InChI is InChI=1S/C16H28N4/c1-5-17-10-15-11-18-13(3)9-16(15)20-8-7-19(6-2)14(4)12-20/h9,11,14,17H,5-8,10,12H2,1-4H3. The van der Waals surface area contributed by atoms with Gasteiger partial charge in [0.05, 0.1) is 0 Å². The quantitative estimate of drug-likeness (QED) is 0.891. The fraction of sp³-hybridized carbons (Fsp3) is 0.688. The molecule has 1 aliphatic rings. The molecule has 1 aliphatic heterocycles. The third-order valence-corrected chi connectivity index (χ3v) is 4.18. The summed E-state index contributed by atoms with van der Waals surface area (Å²) >= 11 is 0. The maximum absolute atomic E-state index is 4.46. The first kappa shape index (κ1) is 15.3. The van der Waals surface area contributed by atoms with Crippen LogP contribution in [-0.2, 0) is 6.54 Å². The van der Waals surface area contributed by atoms with Crippen LogP contribution in [0.15, 0.2) is 12.3 Å². The molecule has 0 spiro atoms. The van der Waals surface area contributed by atoms with Crippen LogP contribution in [0.2, 0.25) is 0 Å². The van der Waals surface area contributed by atoms with E-state index in [9.17, 15) is 0 Å². The molecule has 4 nitrogen and oxygen atoms in total. The van der Waals surface area contributed by atoms with Gasteiger partial charge in [-0.3, -0.25) is 9.88 Å². The number of rotatable bonds is 5. The highest BCUT2D eigenvalue weighted by Crippen LogP contribution is 2.24. The molecule has 2 rings (SSSR count). The van der Waals surface area contributed by atoms with Crippen molar-refractivity contribution in [1.82, 2.24) is 15.2 Å². The van der Waals surface area contributed by atoms with E-state index in [1.807, 2.05) is 6.20 Å². The minimum atomic E-state index is 0.620. The molecule has 1 aromatic heterocycles. The second-order valence-corrected chi connectivity index (χ2v) is 5.66. The molecule has 2 heterocycles. The normalized spacial score (nSPS) is 20.4. The van der Waals surface area contributed by atoms with Crippen molar-refractivity contribution in [3.63, 3.8) is 0 Å². The summed E-state index contributed by atoms with van der Waals surface area (Å²) in [4.78, 5) is 9.54. The van der Waals surface area contributed by atoms with E-state index in [1.54, 1.807) is 0 Å². The summed E-state index contributed by atoms with van der Waals surface area (Å²) in [5.41, 5.74) is 3.78. The third-order valence-electron chi connectivity index (χ3n) is 4.18. The maximum atomic E-state index is 4.46. The van der Waals surface area contributed by atoms with Crippen LogP contribution in [0.4, 0.5) is 5.69 Å². The molecule has 0 bridgehead atoms. The van der Waals surface area contributed by atoms with E-state index >= 15 is 0 Å². The van der Waals surface area contributed by atoms with Crippen molar-refractivity contribution in [3.05, 3.63) is 23.5 Å². The number of aromatic nitrogens is 1. The number of piperazine rings is 1. The van der Waals surface area contributed by atoms with E-state index in [1.165, 1.54) is 11.3 Å². The Balaban J connectivity index is 2.16. The van der Waals surface area contributed by atoms with Crippen molar-refractivity contribution in [2.75, 3.05) is 37.6 Å². The minimum absolute atomic E-state index is 0.620. The monoisotopic (exact) mass is 276 g/mol. The Morgan fingerprint density at radius 3 is 2.80 bits per heavy atom. The lowest BCUT2D eigenvalue weighted by Crippen LogP contribution is -2.52. The van der Waals surface area contributed by atoms with Crippen molar-refractivity contribution >= 4 is 5.69 Å². The predicted octanol–water partition coefficient (Wildman–Crippen LogP) is 2.03. The number of nitrogens with one attached hydrogen (secondary N) is 1. The number of nitrogens with zero attached hydrogens (tertiary/aromatic N) is 3. The van der Waals surface area contributed by atoms with Gasteiger partial charge in [-0.25, -0.2) is 0 Å². The molecule has 0 aromatic carbocycles.